The third-order valence-corrected chi connectivity index (χ3v) is 11.2. The van der Waals surface area contributed by atoms with Crippen molar-refractivity contribution in [2.45, 2.75) is 0 Å². The van der Waals surface area contributed by atoms with Gasteiger partial charge >= 0.3 is 0 Å². The van der Waals surface area contributed by atoms with Gasteiger partial charge in [-0.3, -0.25) is 0 Å². The molecule has 0 aliphatic heterocycles. The molecule has 0 heterocycles. The highest BCUT2D eigenvalue weighted by atomic mass is 16.5. The molecule has 0 aliphatic carbocycles. The van der Waals surface area contributed by atoms with E-state index in [0.29, 0.717) is 0 Å². The van der Waals surface area contributed by atoms with E-state index >= 15 is 0 Å². The molecule has 9 rings (SSSR count). The molecule has 0 N–H and O–H groups in total. The van der Waals surface area contributed by atoms with E-state index in [1.807, 2.05) is 48.5 Å². The van der Waals surface area contributed by atoms with Crippen LogP contribution in [0.25, 0.3) is 22.3 Å². The number of nitrogens with zero attached hydrogens (tertiary/aromatic N) is 3. The molecule has 6 nitrogen and oxygen atoms in total. The standard InChI is InChI=1S/C57H47N3O3/c1-61-55-36-30-52(31-37-55)58(46-10-6-4-7-11-46)48-22-14-42(15-23-48)44-18-26-50(27-19-44)60(54-34-40-57(63-3)41-35-54)51-28-20-45(21-29-51)43-16-24-49(25-17-43)59(47-12-8-5-9-13-47)53-32-38-56(62-2)39-33-53/h4-41H,1-3H3. The van der Waals surface area contributed by atoms with Gasteiger partial charge in [-0.2, -0.15) is 0 Å². The summed E-state index contributed by atoms with van der Waals surface area (Å²) in [5.74, 6) is 2.46. The summed E-state index contributed by atoms with van der Waals surface area (Å²) in [5.41, 5.74) is 14.1. The van der Waals surface area contributed by atoms with E-state index < -0.39 is 0 Å². The molecule has 6 heteroatoms. The van der Waals surface area contributed by atoms with Gasteiger partial charge in [0.1, 0.15) is 17.2 Å². The van der Waals surface area contributed by atoms with Crippen LogP contribution < -0.4 is 28.9 Å². The number of hydrogen-bond donors (Lipinski definition) is 0. The predicted octanol–water partition coefficient (Wildman–Crippen LogP) is 15.5. The van der Waals surface area contributed by atoms with E-state index in [1.54, 1.807) is 21.3 Å². The number of rotatable bonds is 14. The Kier molecular flexibility index (Phi) is 11.9. The minimum atomic E-state index is 0.812. The molecule has 0 saturated carbocycles. The molecule has 63 heavy (non-hydrogen) atoms. The summed E-state index contributed by atoms with van der Waals surface area (Å²) in [6.07, 6.45) is 0. The number of hydrogen-bond acceptors (Lipinski definition) is 6. The van der Waals surface area contributed by atoms with Crippen molar-refractivity contribution in [3.63, 3.8) is 0 Å². The zero-order valence-electron chi connectivity index (χ0n) is 35.5. The molecule has 9 aromatic rings. The Balaban J connectivity index is 0.981. The molecule has 0 aliphatic rings. The van der Waals surface area contributed by atoms with Crippen LogP contribution in [0.1, 0.15) is 0 Å². The molecule has 0 aromatic heterocycles. The van der Waals surface area contributed by atoms with Gasteiger partial charge in [0.15, 0.2) is 0 Å². The van der Waals surface area contributed by atoms with Gasteiger partial charge in [-0.05, 0) is 168 Å². The van der Waals surface area contributed by atoms with Crippen LogP contribution in [-0.2, 0) is 0 Å². The number of anilines is 9. The molecule has 0 radical (unpaired) electrons. The van der Waals surface area contributed by atoms with Crippen LogP contribution in [0.3, 0.4) is 0 Å². The molecule has 0 saturated heterocycles. The van der Waals surface area contributed by atoms with Crippen LogP contribution in [0.4, 0.5) is 51.2 Å². The summed E-state index contributed by atoms with van der Waals surface area (Å²) >= 11 is 0. The fraction of sp³-hybridized carbons (Fsp3) is 0.0526. The largest absolute Gasteiger partial charge is 0.497 e. The van der Waals surface area contributed by atoms with Crippen molar-refractivity contribution in [2.75, 3.05) is 36.0 Å². The topological polar surface area (TPSA) is 37.4 Å². The van der Waals surface area contributed by atoms with Gasteiger partial charge in [0, 0.05) is 51.2 Å². The van der Waals surface area contributed by atoms with Crippen LogP contribution in [0, 0.1) is 0 Å². The summed E-state index contributed by atoms with van der Waals surface area (Å²) in [7, 11) is 5.07. The van der Waals surface area contributed by atoms with E-state index in [9.17, 15) is 0 Å². The van der Waals surface area contributed by atoms with E-state index in [0.717, 1.165) is 90.7 Å². The molecule has 0 amide bonds. The van der Waals surface area contributed by atoms with Crippen molar-refractivity contribution in [1.82, 2.24) is 0 Å². The van der Waals surface area contributed by atoms with E-state index in [2.05, 4.69) is 197 Å². The third kappa shape index (κ3) is 8.83. The Morgan fingerprint density at radius 1 is 0.206 bits per heavy atom. The fourth-order valence-electron chi connectivity index (χ4n) is 7.90. The maximum atomic E-state index is 5.52. The highest BCUT2D eigenvalue weighted by Gasteiger charge is 2.17. The van der Waals surface area contributed by atoms with Crippen molar-refractivity contribution in [2.24, 2.45) is 0 Å². The second-order valence-electron chi connectivity index (χ2n) is 15.0. The van der Waals surface area contributed by atoms with E-state index in [-0.39, 0.29) is 0 Å². The Labute approximate surface area is 370 Å². The van der Waals surface area contributed by atoms with Crippen LogP contribution in [0.15, 0.2) is 231 Å². The number of ether oxygens (including phenoxy) is 3. The SMILES string of the molecule is COc1ccc(N(c2ccccc2)c2ccc(-c3ccc(N(c4ccc(OC)cc4)c4ccc(-c5ccc(N(c6ccccc6)c6ccc(OC)cc6)cc5)cc4)cc3)cc2)cc1. The lowest BCUT2D eigenvalue weighted by atomic mass is 10.0. The molecular formula is C57H47N3O3. The number of para-hydroxylation sites is 2. The molecule has 0 atom stereocenters. The Bertz CT molecular complexity index is 2660. The first-order valence-corrected chi connectivity index (χ1v) is 20.9. The third-order valence-electron chi connectivity index (χ3n) is 11.2. The predicted molar refractivity (Wildman–Crippen MR) is 261 cm³/mol. The molecule has 0 spiro atoms. The van der Waals surface area contributed by atoms with E-state index in [4.69, 9.17) is 14.2 Å². The minimum absolute atomic E-state index is 0.812. The highest BCUT2D eigenvalue weighted by Crippen LogP contribution is 2.41. The normalized spacial score (nSPS) is 10.8. The second kappa shape index (κ2) is 18.6. The minimum Gasteiger partial charge on any atom is -0.497 e. The highest BCUT2D eigenvalue weighted by molar-refractivity contribution is 5.83. The van der Waals surface area contributed by atoms with Crippen molar-refractivity contribution in [1.29, 1.82) is 0 Å². The van der Waals surface area contributed by atoms with Crippen LogP contribution in [0.2, 0.25) is 0 Å². The first-order valence-electron chi connectivity index (χ1n) is 20.9. The molecule has 0 bridgehead atoms. The number of methoxy groups -OCH3 is 3. The Hall–Kier alpha value is -8.22. The molecular weight excluding hydrogens is 775 g/mol. The van der Waals surface area contributed by atoms with Crippen molar-refractivity contribution >= 4 is 51.2 Å². The van der Waals surface area contributed by atoms with Gasteiger partial charge in [0.05, 0.1) is 21.3 Å². The summed E-state index contributed by atoms with van der Waals surface area (Å²) in [5, 5.41) is 0. The average Bonchev–Trinajstić information content (AvgIpc) is 3.36. The zero-order chi connectivity index (χ0) is 43.0. The Morgan fingerprint density at radius 2 is 0.381 bits per heavy atom. The van der Waals surface area contributed by atoms with Gasteiger partial charge < -0.3 is 28.9 Å². The summed E-state index contributed by atoms with van der Waals surface area (Å²) < 4.78 is 16.4. The zero-order valence-corrected chi connectivity index (χ0v) is 35.5. The molecule has 308 valence electrons. The summed E-state index contributed by atoms with van der Waals surface area (Å²) in [6.45, 7) is 0. The van der Waals surface area contributed by atoms with Crippen LogP contribution in [-0.4, -0.2) is 21.3 Å². The molecule has 0 fully saturated rings. The second-order valence-corrected chi connectivity index (χ2v) is 15.0. The van der Waals surface area contributed by atoms with Gasteiger partial charge in [-0.25, -0.2) is 0 Å². The lowest BCUT2D eigenvalue weighted by molar-refractivity contribution is 0.414. The van der Waals surface area contributed by atoms with Crippen LogP contribution in [0.5, 0.6) is 17.2 Å². The molecule has 0 unspecified atom stereocenters. The Morgan fingerprint density at radius 3 is 0.571 bits per heavy atom. The lowest BCUT2D eigenvalue weighted by Crippen LogP contribution is -2.10. The quantitative estimate of drug-likeness (QED) is 0.109. The number of benzene rings is 9. The maximum Gasteiger partial charge on any atom is 0.119 e. The first kappa shape index (κ1) is 40.2. The van der Waals surface area contributed by atoms with Gasteiger partial charge in [-0.1, -0.05) is 84.9 Å². The summed E-state index contributed by atoms with van der Waals surface area (Å²) in [6, 6.07) is 80.4. The van der Waals surface area contributed by atoms with E-state index in [1.165, 1.54) is 0 Å². The maximum absolute atomic E-state index is 5.52. The first-order chi connectivity index (χ1) is 31.1. The van der Waals surface area contributed by atoms with Gasteiger partial charge in [0.2, 0.25) is 0 Å². The average molecular weight is 822 g/mol. The van der Waals surface area contributed by atoms with Crippen molar-refractivity contribution < 1.29 is 14.2 Å². The smallest absolute Gasteiger partial charge is 0.119 e. The van der Waals surface area contributed by atoms with Crippen molar-refractivity contribution in [3.8, 4) is 39.5 Å². The van der Waals surface area contributed by atoms with Crippen molar-refractivity contribution in [3.05, 3.63) is 231 Å². The fourth-order valence-corrected chi connectivity index (χ4v) is 7.90. The van der Waals surface area contributed by atoms with Gasteiger partial charge in [-0.15, -0.1) is 0 Å². The van der Waals surface area contributed by atoms with Crippen LogP contribution >= 0.6 is 0 Å². The lowest BCUT2D eigenvalue weighted by Gasteiger charge is -2.26. The van der Waals surface area contributed by atoms with Gasteiger partial charge in [0.25, 0.3) is 0 Å². The monoisotopic (exact) mass is 821 g/mol. The summed E-state index contributed by atoms with van der Waals surface area (Å²) in [4.78, 5) is 6.78. The molecule has 9 aromatic carbocycles.